The lowest BCUT2D eigenvalue weighted by molar-refractivity contribution is -0.126. The number of aliphatic hydroxyl groups is 1. The molecule has 0 bridgehead atoms. The van der Waals surface area contributed by atoms with Crippen LogP contribution in [0.1, 0.15) is 33.1 Å². The second-order valence-corrected chi connectivity index (χ2v) is 3.41. The fourth-order valence-electron chi connectivity index (χ4n) is 1.79. The van der Waals surface area contributed by atoms with E-state index in [1.807, 2.05) is 0 Å². The lowest BCUT2D eigenvalue weighted by atomic mass is 9.90. The summed E-state index contributed by atoms with van der Waals surface area (Å²) in [6, 6.07) is 0. The summed E-state index contributed by atoms with van der Waals surface area (Å²) in [5.41, 5.74) is -0.716. The first-order chi connectivity index (χ1) is 4.54. The normalized spacial score (nSPS) is 40.1. The maximum absolute atomic E-state index is 10.9. The van der Waals surface area contributed by atoms with Crippen molar-refractivity contribution < 1.29 is 9.90 Å². The van der Waals surface area contributed by atoms with E-state index < -0.39 is 5.60 Å². The Labute approximate surface area is 61.2 Å². The van der Waals surface area contributed by atoms with Crippen molar-refractivity contribution in [2.24, 2.45) is 5.92 Å². The van der Waals surface area contributed by atoms with Crippen LogP contribution in [0.15, 0.2) is 0 Å². The fourth-order valence-corrected chi connectivity index (χ4v) is 1.79. The van der Waals surface area contributed by atoms with Crippen LogP contribution in [0, 0.1) is 5.92 Å². The number of carbonyl (C=O) groups excluding carboxylic acids is 1. The smallest absolute Gasteiger partial charge is 0.135 e. The zero-order valence-corrected chi connectivity index (χ0v) is 6.55. The van der Waals surface area contributed by atoms with Crippen molar-refractivity contribution in [1.82, 2.24) is 0 Å². The monoisotopic (exact) mass is 142 g/mol. The van der Waals surface area contributed by atoms with Gasteiger partial charge in [-0.25, -0.2) is 0 Å². The third-order valence-corrected chi connectivity index (χ3v) is 2.42. The van der Waals surface area contributed by atoms with Crippen LogP contribution in [0.2, 0.25) is 0 Å². The molecule has 1 rings (SSSR count). The molecule has 2 atom stereocenters. The minimum Gasteiger partial charge on any atom is -0.389 e. The van der Waals surface area contributed by atoms with Gasteiger partial charge in [-0.1, -0.05) is 0 Å². The second-order valence-electron chi connectivity index (χ2n) is 3.41. The van der Waals surface area contributed by atoms with Crippen LogP contribution in [-0.4, -0.2) is 16.5 Å². The molecule has 2 nitrogen and oxygen atoms in total. The molecule has 58 valence electrons. The van der Waals surface area contributed by atoms with Crippen LogP contribution in [0.25, 0.3) is 0 Å². The van der Waals surface area contributed by atoms with E-state index in [4.69, 9.17) is 0 Å². The van der Waals surface area contributed by atoms with Gasteiger partial charge in [0.15, 0.2) is 0 Å². The van der Waals surface area contributed by atoms with Crippen LogP contribution in [-0.2, 0) is 4.79 Å². The predicted molar refractivity (Wildman–Crippen MR) is 38.6 cm³/mol. The first-order valence-electron chi connectivity index (χ1n) is 3.77. The van der Waals surface area contributed by atoms with E-state index in [-0.39, 0.29) is 11.7 Å². The van der Waals surface area contributed by atoms with Crippen LogP contribution in [0.3, 0.4) is 0 Å². The standard InChI is InChI=1S/C8H14O2/c1-6(9)7-4-3-5-8(7,2)10/h7,10H,3-5H2,1-2H3/t7-,8+/m0/s1. The molecule has 0 unspecified atom stereocenters. The highest BCUT2D eigenvalue weighted by atomic mass is 16.3. The van der Waals surface area contributed by atoms with Gasteiger partial charge in [0.1, 0.15) is 5.78 Å². The fraction of sp³-hybridized carbons (Fsp3) is 0.875. The highest BCUT2D eigenvalue weighted by Gasteiger charge is 2.39. The van der Waals surface area contributed by atoms with Crippen molar-refractivity contribution in [3.8, 4) is 0 Å². The van der Waals surface area contributed by atoms with Gasteiger partial charge in [-0.05, 0) is 33.1 Å². The number of rotatable bonds is 1. The molecule has 0 saturated heterocycles. The summed E-state index contributed by atoms with van der Waals surface area (Å²) in [5.74, 6) is 0.0231. The third kappa shape index (κ3) is 1.21. The molecule has 2 heteroatoms. The molecule has 0 aromatic carbocycles. The van der Waals surface area contributed by atoms with Crippen molar-refractivity contribution >= 4 is 5.78 Å². The number of ketones is 1. The summed E-state index contributed by atoms with van der Waals surface area (Å²) in [4.78, 5) is 10.9. The van der Waals surface area contributed by atoms with Crippen molar-refractivity contribution in [2.45, 2.75) is 38.7 Å². The van der Waals surface area contributed by atoms with Gasteiger partial charge in [-0.2, -0.15) is 0 Å². The Morgan fingerprint density at radius 2 is 2.30 bits per heavy atom. The molecule has 1 saturated carbocycles. The van der Waals surface area contributed by atoms with E-state index >= 15 is 0 Å². The van der Waals surface area contributed by atoms with Crippen LogP contribution >= 0.6 is 0 Å². The largest absolute Gasteiger partial charge is 0.389 e. The molecule has 1 aliphatic rings. The molecule has 1 fully saturated rings. The van der Waals surface area contributed by atoms with E-state index in [2.05, 4.69) is 0 Å². The minimum absolute atomic E-state index is 0.104. The van der Waals surface area contributed by atoms with Gasteiger partial charge in [-0.15, -0.1) is 0 Å². The lowest BCUT2D eigenvalue weighted by Crippen LogP contribution is -2.33. The topological polar surface area (TPSA) is 37.3 Å². The summed E-state index contributed by atoms with van der Waals surface area (Å²) < 4.78 is 0. The van der Waals surface area contributed by atoms with E-state index in [1.54, 1.807) is 13.8 Å². The van der Waals surface area contributed by atoms with Gasteiger partial charge in [0, 0.05) is 5.92 Å². The Hall–Kier alpha value is -0.370. The molecule has 0 spiro atoms. The summed E-state index contributed by atoms with van der Waals surface area (Å²) in [6.07, 6.45) is 2.62. The zero-order chi connectivity index (χ0) is 7.78. The molecular weight excluding hydrogens is 128 g/mol. The second kappa shape index (κ2) is 2.35. The molecule has 0 aromatic heterocycles. The molecule has 10 heavy (non-hydrogen) atoms. The average Bonchev–Trinajstić information content (AvgIpc) is 2.08. The summed E-state index contributed by atoms with van der Waals surface area (Å²) >= 11 is 0. The molecule has 1 aliphatic carbocycles. The molecule has 0 amide bonds. The van der Waals surface area contributed by atoms with Crippen molar-refractivity contribution in [3.63, 3.8) is 0 Å². The Kier molecular flexibility index (Phi) is 1.82. The number of carbonyl (C=O) groups is 1. The molecule has 0 aromatic rings. The highest BCUT2D eigenvalue weighted by molar-refractivity contribution is 5.79. The maximum Gasteiger partial charge on any atom is 0.135 e. The van der Waals surface area contributed by atoms with Crippen molar-refractivity contribution in [2.75, 3.05) is 0 Å². The molecule has 0 heterocycles. The van der Waals surface area contributed by atoms with Gasteiger partial charge < -0.3 is 5.11 Å². The zero-order valence-electron chi connectivity index (χ0n) is 6.55. The Morgan fingerprint density at radius 3 is 2.50 bits per heavy atom. The van der Waals surface area contributed by atoms with Crippen LogP contribution in [0.5, 0.6) is 0 Å². The summed E-state index contributed by atoms with van der Waals surface area (Å²) in [6.45, 7) is 3.32. The van der Waals surface area contributed by atoms with Gasteiger partial charge in [-0.3, -0.25) is 4.79 Å². The van der Waals surface area contributed by atoms with Gasteiger partial charge >= 0.3 is 0 Å². The van der Waals surface area contributed by atoms with Crippen molar-refractivity contribution in [1.29, 1.82) is 0 Å². The number of hydrogen-bond acceptors (Lipinski definition) is 2. The van der Waals surface area contributed by atoms with Crippen LogP contribution in [0.4, 0.5) is 0 Å². The molecule has 0 aliphatic heterocycles. The Balaban J connectivity index is 2.68. The summed E-state index contributed by atoms with van der Waals surface area (Å²) in [5, 5.41) is 9.60. The third-order valence-electron chi connectivity index (χ3n) is 2.42. The first-order valence-corrected chi connectivity index (χ1v) is 3.77. The average molecular weight is 142 g/mol. The Morgan fingerprint density at radius 1 is 1.70 bits per heavy atom. The van der Waals surface area contributed by atoms with E-state index in [9.17, 15) is 9.90 Å². The lowest BCUT2D eigenvalue weighted by Gasteiger charge is -2.22. The van der Waals surface area contributed by atoms with Gasteiger partial charge in [0.2, 0.25) is 0 Å². The Bertz CT molecular complexity index is 149. The number of Topliss-reactive ketones (excluding diaryl/α,β-unsaturated/α-hetero) is 1. The van der Waals surface area contributed by atoms with Crippen LogP contribution < -0.4 is 0 Å². The maximum atomic E-state index is 10.9. The highest BCUT2D eigenvalue weighted by Crippen LogP contribution is 2.35. The molecular formula is C8H14O2. The van der Waals surface area contributed by atoms with Gasteiger partial charge in [0.25, 0.3) is 0 Å². The van der Waals surface area contributed by atoms with E-state index in [1.165, 1.54) is 0 Å². The minimum atomic E-state index is -0.716. The molecule has 1 N–H and O–H groups in total. The predicted octanol–water partition coefficient (Wildman–Crippen LogP) is 1.13. The first kappa shape index (κ1) is 7.73. The van der Waals surface area contributed by atoms with E-state index in [0.29, 0.717) is 0 Å². The summed E-state index contributed by atoms with van der Waals surface area (Å²) in [7, 11) is 0. The molecule has 0 radical (unpaired) electrons. The SMILES string of the molecule is CC(=O)[C@@H]1CCC[C@@]1(C)O. The van der Waals surface area contributed by atoms with E-state index in [0.717, 1.165) is 19.3 Å². The van der Waals surface area contributed by atoms with Crippen molar-refractivity contribution in [3.05, 3.63) is 0 Å². The quantitative estimate of drug-likeness (QED) is 0.595. The number of hydrogen-bond donors (Lipinski definition) is 1. The van der Waals surface area contributed by atoms with Gasteiger partial charge in [0.05, 0.1) is 5.60 Å².